The number of anilines is 1. The van der Waals surface area contributed by atoms with E-state index >= 15 is 0 Å². The molecule has 2 N–H and O–H groups in total. The molecule has 1 unspecified atom stereocenters. The highest BCUT2D eigenvalue weighted by molar-refractivity contribution is 7.13. The summed E-state index contributed by atoms with van der Waals surface area (Å²) in [6.45, 7) is 4.05. The molecule has 1 aliphatic rings. The molecule has 0 radical (unpaired) electrons. The Kier molecular flexibility index (Phi) is 2.02. The van der Waals surface area contributed by atoms with Crippen LogP contribution in [-0.2, 0) is 0 Å². The van der Waals surface area contributed by atoms with Crippen LogP contribution in [0.4, 0.5) is 5.13 Å². The fraction of sp³-hybridized carbons (Fsp3) is 0.625. The lowest BCUT2D eigenvalue weighted by atomic mass is 10.3. The molecule has 0 spiro atoms. The highest BCUT2D eigenvalue weighted by Gasteiger charge is 2.20. The fourth-order valence-corrected chi connectivity index (χ4v) is 2.29. The molecule has 0 amide bonds. The Labute approximate surface area is 76.2 Å². The van der Waals surface area contributed by atoms with E-state index in [1.165, 1.54) is 0 Å². The van der Waals surface area contributed by atoms with Gasteiger partial charge in [-0.3, -0.25) is 0 Å². The van der Waals surface area contributed by atoms with E-state index in [-0.39, 0.29) is 0 Å². The van der Waals surface area contributed by atoms with E-state index < -0.39 is 0 Å². The minimum absolute atomic E-state index is 0.342. The lowest BCUT2D eigenvalue weighted by Crippen LogP contribution is -2.26. The first-order valence-electron chi connectivity index (χ1n) is 4.18. The van der Waals surface area contributed by atoms with Gasteiger partial charge in [0.1, 0.15) is 0 Å². The maximum absolute atomic E-state index is 5.80. The molecule has 12 heavy (non-hydrogen) atoms. The first kappa shape index (κ1) is 8.01. The van der Waals surface area contributed by atoms with Gasteiger partial charge in [0.2, 0.25) is 0 Å². The van der Waals surface area contributed by atoms with Crippen LogP contribution >= 0.6 is 11.3 Å². The van der Waals surface area contributed by atoms with E-state index in [1.807, 2.05) is 6.92 Å². The molecule has 66 valence electrons. The lowest BCUT2D eigenvalue weighted by Gasteiger charge is -2.12. The number of hydrogen-bond acceptors (Lipinski definition) is 4. The van der Waals surface area contributed by atoms with Crippen molar-refractivity contribution >= 4 is 16.5 Å². The van der Waals surface area contributed by atoms with Crippen LogP contribution in [0.3, 0.4) is 0 Å². The van der Waals surface area contributed by atoms with Crippen molar-refractivity contribution in [1.82, 2.24) is 4.98 Å². The molecule has 1 saturated heterocycles. The summed E-state index contributed by atoms with van der Waals surface area (Å²) >= 11 is 1.71. The summed E-state index contributed by atoms with van der Waals surface area (Å²) in [5.41, 5.74) is 6.91. The molecule has 1 atom stereocenters. The van der Waals surface area contributed by atoms with Crippen molar-refractivity contribution in [1.29, 1.82) is 0 Å². The normalized spacial score (nSPS) is 23.5. The molecular weight excluding hydrogens is 170 g/mol. The van der Waals surface area contributed by atoms with Gasteiger partial charge in [-0.05, 0) is 13.3 Å². The highest BCUT2D eigenvalue weighted by atomic mass is 32.1. The Hall–Kier alpha value is -0.610. The molecule has 3 nitrogen and oxygen atoms in total. The minimum Gasteiger partial charge on any atom is -0.346 e. The number of hydrogen-bond donors (Lipinski definition) is 1. The summed E-state index contributed by atoms with van der Waals surface area (Å²) in [5.74, 6) is 0. The Morgan fingerprint density at radius 2 is 2.58 bits per heavy atom. The second kappa shape index (κ2) is 3.03. The zero-order valence-electron chi connectivity index (χ0n) is 7.16. The van der Waals surface area contributed by atoms with E-state index in [1.54, 1.807) is 11.3 Å². The molecule has 0 saturated carbocycles. The number of aromatic nitrogens is 1. The second-order valence-corrected chi connectivity index (χ2v) is 4.10. The standard InChI is InChI=1S/C8H13N3S/c1-6-5-12-8(10-6)11-3-2-7(9)4-11/h5,7H,2-4,9H2,1H3. The largest absolute Gasteiger partial charge is 0.346 e. The number of rotatable bonds is 1. The smallest absolute Gasteiger partial charge is 0.185 e. The first-order chi connectivity index (χ1) is 5.75. The van der Waals surface area contributed by atoms with Crippen LogP contribution in [-0.4, -0.2) is 24.1 Å². The van der Waals surface area contributed by atoms with E-state index in [2.05, 4.69) is 15.3 Å². The third kappa shape index (κ3) is 1.44. The molecule has 0 aliphatic carbocycles. The third-order valence-electron chi connectivity index (χ3n) is 2.10. The zero-order valence-corrected chi connectivity index (χ0v) is 7.97. The summed E-state index contributed by atoms with van der Waals surface area (Å²) in [4.78, 5) is 6.68. The van der Waals surface area contributed by atoms with Crippen molar-refractivity contribution in [2.45, 2.75) is 19.4 Å². The molecular formula is C8H13N3S. The SMILES string of the molecule is Cc1csc(N2CCC(N)C2)n1. The van der Waals surface area contributed by atoms with Gasteiger partial charge in [-0.1, -0.05) is 0 Å². The third-order valence-corrected chi connectivity index (χ3v) is 3.12. The van der Waals surface area contributed by atoms with E-state index in [0.29, 0.717) is 6.04 Å². The van der Waals surface area contributed by atoms with Crippen molar-refractivity contribution in [2.24, 2.45) is 5.73 Å². The Bertz CT molecular complexity index is 271. The number of aryl methyl sites for hydroxylation is 1. The van der Waals surface area contributed by atoms with Gasteiger partial charge >= 0.3 is 0 Å². The van der Waals surface area contributed by atoms with Gasteiger partial charge in [0.05, 0.1) is 5.69 Å². The van der Waals surface area contributed by atoms with Crippen LogP contribution < -0.4 is 10.6 Å². The van der Waals surface area contributed by atoms with Gasteiger partial charge in [-0.15, -0.1) is 11.3 Å². The van der Waals surface area contributed by atoms with Crippen LogP contribution in [0.5, 0.6) is 0 Å². The predicted molar refractivity (Wildman–Crippen MR) is 51.7 cm³/mol. The molecule has 1 aromatic heterocycles. The molecule has 4 heteroatoms. The molecule has 0 aromatic carbocycles. The van der Waals surface area contributed by atoms with Gasteiger partial charge < -0.3 is 10.6 Å². The number of thiazole rings is 1. The average molecular weight is 183 g/mol. The Morgan fingerprint density at radius 3 is 3.08 bits per heavy atom. The fourth-order valence-electron chi connectivity index (χ4n) is 1.45. The van der Waals surface area contributed by atoms with Crippen molar-refractivity contribution in [3.8, 4) is 0 Å². The van der Waals surface area contributed by atoms with Crippen LogP contribution in [0, 0.1) is 6.92 Å². The number of nitrogens with zero attached hydrogens (tertiary/aromatic N) is 2. The van der Waals surface area contributed by atoms with Gasteiger partial charge in [0.25, 0.3) is 0 Å². The molecule has 1 aromatic rings. The second-order valence-electron chi connectivity index (χ2n) is 3.27. The van der Waals surface area contributed by atoms with Gasteiger partial charge in [-0.25, -0.2) is 4.98 Å². The van der Waals surface area contributed by atoms with Crippen molar-refractivity contribution in [3.63, 3.8) is 0 Å². The maximum atomic E-state index is 5.80. The van der Waals surface area contributed by atoms with Crippen molar-refractivity contribution in [2.75, 3.05) is 18.0 Å². The summed E-state index contributed by atoms with van der Waals surface area (Å²) in [5, 5.41) is 3.21. The topological polar surface area (TPSA) is 42.1 Å². The average Bonchev–Trinajstić information content (AvgIpc) is 2.58. The lowest BCUT2D eigenvalue weighted by molar-refractivity contribution is 0.752. The summed E-state index contributed by atoms with van der Waals surface area (Å²) in [6, 6.07) is 0.342. The minimum atomic E-state index is 0.342. The summed E-state index contributed by atoms with van der Waals surface area (Å²) in [6.07, 6.45) is 1.10. The van der Waals surface area contributed by atoms with Gasteiger partial charge in [0.15, 0.2) is 5.13 Å². The van der Waals surface area contributed by atoms with Crippen LogP contribution in [0.2, 0.25) is 0 Å². The van der Waals surface area contributed by atoms with Crippen molar-refractivity contribution < 1.29 is 0 Å². The summed E-state index contributed by atoms with van der Waals surface area (Å²) in [7, 11) is 0. The quantitative estimate of drug-likeness (QED) is 0.706. The zero-order chi connectivity index (χ0) is 8.55. The maximum Gasteiger partial charge on any atom is 0.185 e. The predicted octanol–water partition coefficient (Wildman–Crippen LogP) is 0.989. The molecule has 2 rings (SSSR count). The first-order valence-corrected chi connectivity index (χ1v) is 5.06. The number of nitrogens with two attached hydrogens (primary N) is 1. The highest BCUT2D eigenvalue weighted by Crippen LogP contribution is 2.23. The van der Waals surface area contributed by atoms with E-state index in [0.717, 1.165) is 30.3 Å². The Balaban J connectivity index is 2.11. The van der Waals surface area contributed by atoms with Gasteiger partial charge in [-0.2, -0.15) is 0 Å². The van der Waals surface area contributed by atoms with Gasteiger partial charge in [0, 0.05) is 24.5 Å². The van der Waals surface area contributed by atoms with Crippen LogP contribution in [0.1, 0.15) is 12.1 Å². The van der Waals surface area contributed by atoms with Crippen LogP contribution in [0.25, 0.3) is 0 Å². The molecule has 1 fully saturated rings. The Morgan fingerprint density at radius 1 is 1.75 bits per heavy atom. The van der Waals surface area contributed by atoms with E-state index in [4.69, 9.17) is 5.73 Å². The molecule has 1 aliphatic heterocycles. The monoisotopic (exact) mass is 183 g/mol. The summed E-state index contributed by atoms with van der Waals surface area (Å²) < 4.78 is 0. The molecule has 0 bridgehead atoms. The van der Waals surface area contributed by atoms with E-state index in [9.17, 15) is 0 Å². The van der Waals surface area contributed by atoms with Crippen molar-refractivity contribution in [3.05, 3.63) is 11.1 Å². The van der Waals surface area contributed by atoms with Crippen LogP contribution in [0.15, 0.2) is 5.38 Å². The molecule has 2 heterocycles.